The van der Waals surface area contributed by atoms with Gasteiger partial charge in [-0.2, -0.15) is 0 Å². The Morgan fingerprint density at radius 3 is 2.39 bits per heavy atom. The van der Waals surface area contributed by atoms with Gasteiger partial charge in [0.25, 0.3) is 0 Å². The van der Waals surface area contributed by atoms with Gasteiger partial charge in [-0.3, -0.25) is 0 Å². The van der Waals surface area contributed by atoms with Gasteiger partial charge in [0.2, 0.25) is 0 Å². The Morgan fingerprint density at radius 1 is 0.957 bits per heavy atom. The summed E-state index contributed by atoms with van der Waals surface area (Å²) in [6.07, 6.45) is 0. The number of para-hydroxylation sites is 2. The summed E-state index contributed by atoms with van der Waals surface area (Å²) < 4.78 is 11.1. The van der Waals surface area contributed by atoms with Gasteiger partial charge in [-0.1, -0.05) is 50.2 Å². The minimum atomic E-state index is 0.565. The van der Waals surface area contributed by atoms with Crippen molar-refractivity contribution >= 4 is 5.69 Å². The highest BCUT2D eigenvalue weighted by Gasteiger charge is 2.03. The minimum absolute atomic E-state index is 0.565. The van der Waals surface area contributed by atoms with Crippen LogP contribution in [0.4, 0.5) is 5.69 Å². The Kier molecular flexibility index (Phi) is 6.95. The molecular weight excluding hydrogens is 286 g/mol. The molecule has 1 N–H and O–H groups in total. The quantitative estimate of drug-likeness (QED) is 0.672. The predicted octanol–water partition coefficient (Wildman–Crippen LogP) is 4.84. The number of benzene rings is 2. The molecule has 0 aromatic heterocycles. The first kappa shape index (κ1) is 17.4. The van der Waals surface area contributed by atoms with Crippen molar-refractivity contribution in [2.24, 2.45) is 0 Å². The SMILES string of the molecule is CCOCCOc1ccccc1NCc1ccc(C(C)C)cc1. The van der Waals surface area contributed by atoms with Crippen molar-refractivity contribution < 1.29 is 9.47 Å². The molecule has 2 rings (SSSR count). The zero-order valence-corrected chi connectivity index (χ0v) is 14.3. The molecule has 0 bridgehead atoms. The molecule has 23 heavy (non-hydrogen) atoms. The van der Waals surface area contributed by atoms with Gasteiger partial charge in [-0.25, -0.2) is 0 Å². The Bertz CT molecular complexity index is 578. The van der Waals surface area contributed by atoms with Crippen molar-refractivity contribution in [3.05, 3.63) is 59.7 Å². The van der Waals surface area contributed by atoms with Crippen LogP contribution in [-0.4, -0.2) is 19.8 Å². The summed E-state index contributed by atoms with van der Waals surface area (Å²) >= 11 is 0. The highest BCUT2D eigenvalue weighted by molar-refractivity contribution is 5.56. The van der Waals surface area contributed by atoms with Crippen LogP contribution in [0.15, 0.2) is 48.5 Å². The van der Waals surface area contributed by atoms with Crippen LogP contribution >= 0.6 is 0 Å². The second-order valence-electron chi connectivity index (χ2n) is 5.79. The molecule has 0 aliphatic carbocycles. The molecule has 2 aromatic carbocycles. The monoisotopic (exact) mass is 313 g/mol. The molecule has 0 amide bonds. The summed E-state index contributed by atoms with van der Waals surface area (Å²) in [6.45, 7) is 9.09. The van der Waals surface area contributed by atoms with E-state index in [0.717, 1.165) is 24.6 Å². The normalized spacial score (nSPS) is 10.8. The average molecular weight is 313 g/mol. The van der Waals surface area contributed by atoms with Gasteiger partial charge in [-0.15, -0.1) is 0 Å². The van der Waals surface area contributed by atoms with Gasteiger partial charge in [-0.05, 0) is 36.1 Å². The number of anilines is 1. The van der Waals surface area contributed by atoms with E-state index in [2.05, 4.69) is 43.4 Å². The van der Waals surface area contributed by atoms with E-state index in [-0.39, 0.29) is 0 Å². The van der Waals surface area contributed by atoms with Crippen LogP contribution in [0.3, 0.4) is 0 Å². The molecule has 0 aliphatic rings. The molecule has 3 nitrogen and oxygen atoms in total. The van der Waals surface area contributed by atoms with Crippen LogP contribution in [0.2, 0.25) is 0 Å². The summed E-state index contributed by atoms with van der Waals surface area (Å²) in [5.74, 6) is 1.43. The van der Waals surface area contributed by atoms with E-state index in [9.17, 15) is 0 Å². The van der Waals surface area contributed by atoms with Crippen LogP contribution in [-0.2, 0) is 11.3 Å². The predicted molar refractivity (Wildman–Crippen MR) is 96.3 cm³/mol. The topological polar surface area (TPSA) is 30.5 Å². The molecule has 3 heteroatoms. The van der Waals surface area contributed by atoms with E-state index < -0.39 is 0 Å². The second kappa shape index (κ2) is 9.21. The maximum Gasteiger partial charge on any atom is 0.142 e. The lowest BCUT2D eigenvalue weighted by atomic mass is 10.0. The summed E-state index contributed by atoms with van der Waals surface area (Å²) in [5, 5.41) is 3.45. The average Bonchev–Trinajstić information content (AvgIpc) is 2.58. The zero-order chi connectivity index (χ0) is 16.5. The van der Waals surface area contributed by atoms with E-state index >= 15 is 0 Å². The van der Waals surface area contributed by atoms with Crippen LogP contribution in [0.1, 0.15) is 37.8 Å². The molecule has 124 valence electrons. The van der Waals surface area contributed by atoms with Gasteiger partial charge < -0.3 is 14.8 Å². The third kappa shape index (κ3) is 5.61. The summed E-state index contributed by atoms with van der Waals surface area (Å²) in [4.78, 5) is 0. The fourth-order valence-electron chi connectivity index (χ4n) is 2.31. The molecule has 0 radical (unpaired) electrons. The van der Waals surface area contributed by atoms with Crippen molar-refractivity contribution in [2.45, 2.75) is 33.2 Å². The number of hydrogen-bond donors (Lipinski definition) is 1. The lowest BCUT2D eigenvalue weighted by molar-refractivity contribution is 0.110. The van der Waals surface area contributed by atoms with E-state index in [1.54, 1.807) is 0 Å². The molecule has 0 atom stereocenters. The van der Waals surface area contributed by atoms with Crippen molar-refractivity contribution in [1.29, 1.82) is 0 Å². The standard InChI is InChI=1S/C20H27NO2/c1-4-22-13-14-23-20-8-6-5-7-19(20)21-15-17-9-11-18(12-10-17)16(2)3/h5-12,16,21H,4,13-15H2,1-3H3. The lowest BCUT2D eigenvalue weighted by Crippen LogP contribution is -2.08. The van der Waals surface area contributed by atoms with Crippen LogP contribution in [0, 0.1) is 0 Å². The lowest BCUT2D eigenvalue weighted by Gasteiger charge is -2.14. The van der Waals surface area contributed by atoms with Gasteiger partial charge >= 0.3 is 0 Å². The Hall–Kier alpha value is -2.00. The Balaban J connectivity index is 1.92. The fraction of sp³-hybridized carbons (Fsp3) is 0.400. The van der Waals surface area contributed by atoms with Crippen LogP contribution in [0.5, 0.6) is 5.75 Å². The molecular formula is C20H27NO2. The number of hydrogen-bond acceptors (Lipinski definition) is 3. The molecule has 2 aromatic rings. The van der Waals surface area contributed by atoms with Gasteiger partial charge in [0.05, 0.1) is 12.3 Å². The summed E-state index contributed by atoms with van der Waals surface area (Å²) in [7, 11) is 0. The smallest absolute Gasteiger partial charge is 0.142 e. The molecule has 0 unspecified atom stereocenters. The fourth-order valence-corrected chi connectivity index (χ4v) is 2.31. The highest BCUT2D eigenvalue weighted by Crippen LogP contribution is 2.24. The van der Waals surface area contributed by atoms with E-state index in [1.807, 2.05) is 31.2 Å². The van der Waals surface area contributed by atoms with E-state index in [0.29, 0.717) is 19.1 Å². The van der Waals surface area contributed by atoms with Crippen molar-refractivity contribution in [2.75, 3.05) is 25.1 Å². The molecule has 0 aliphatic heterocycles. The Morgan fingerprint density at radius 2 is 1.70 bits per heavy atom. The van der Waals surface area contributed by atoms with Crippen LogP contribution < -0.4 is 10.1 Å². The first-order valence-corrected chi connectivity index (χ1v) is 8.33. The third-order valence-electron chi connectivity index (χ3n) is 3.71. The Labute approximate surface area is 139 Å². The van der Waals surface area contributed by atoms with Crippen molar-refractivity contribution in [1.82, 2.24) is 0 Å². The van der Waals surface area contributed by atoms with Crippen molar-refractivity contribution in [3.8, 4) is 5.75 Å². The van der Waals surface area contributed by atoms with Gasteiger partial charge in [0, 0.05) is 13.2 Å². The first-order valence-electron chi connectivity index (χ1n) is 8.33. The second-order valence-corrected chi connectivity index (χ2v) is 5.79. The summed E-state index contributed by atoms with van der Waals surface area (Å²) in [6, 6.07) is 16.8. The maximum atomic E-state index is 5.79. The van der Waals surface area contributed by atoms with E-state index in [4.69, 9.17) is 9.47 Å². The van der Waals surface area contributed by atoms with Crippen LogP contribution in [0.25, 0.3) is 0 Å². The third-order valence-corrected chi connectivity index (χ3v) is 3.71. The molecule has 0 saturated carbocycles. The van der Waals surface area contributed by atoms with E-state index in [1.165, 1.54) is 11.1 Å². The zero-order valence-electron chi connectivity index (χ0n) is 14.3. The first-order chi connectivity index (χ1) is 11.2. The highest BCUT2D eigenvalue weighted by atomic mass is 16.5. The van der Waals surface area contributed by atoms with Gasteiger partial charge in [0.15, 0.2) is 0 Å². The molecule has 0 heterocycles. The molecule has 0 spiro atoms. The number of ether oxygens (including phenoxy) is 2. The summed E-state index contributed by atoms with van der Waals surface area (Å²) in [5.41, 5.74) is 3.64. The maximum absolute atomic E-state index is 5.79. The van der Waals surface area contributed by atoms with Crippen molar-refractivity contribution in [3.63, 3.8) is 0 Å². The molecule has 0 fully saturated rings. The molecule has 0 saturated heterocycles. The largest absolute Gasteiger partial charge is 0.489 e. The minimum Gasteiger partial charge on any atom is -0.489 e. The number of nitrogens with one attached hydrogen (secondary N) is 1. The number of rotatable bonds is 9. The van der Waals surface area contributed by atoms with Gasteiger partial charge in [0.1, 0.15) is 12.4 Å².